The zero-order valence-electron chi connectivity index (χ0n) is 15.5. The van der Waals surface area contributed by atoms with Crippen molar-refractivity contribution >= 4 is 26.6 Å². The molecule has 0 saturated carbocycles. The summed E-state index contributed by atoms with van der Waals surface area (Å²) in [5.41, 5.74) is 0. The molecular weight excluding hydrogens is 308 g/mol. The Balaban J connectivity index is 4.20. The first kappa shape index (κ1) is 21.6. The topological polar surface area (TPSA) is 18.5 Å². The second-order valence-electron chi connectivity index (χ2n) is 7.00. The summed E-state index contributed by atoms with van der Waals surface area (Å²) in [6, 6.07) is 2.73. The predicted molar refractivity (Wildman–Crippen MR) is 104 cm³/mol. The van der Waals surface area contributed by atoms with E-state index in [9.17, 15) is 0 Å². The Morgan fingerprint density at radius 3 is 1.57 bits per heavy atom. The standard InChI is InChI=1S/C16H40O2Si3/c1-7-9-11-13-15-20(16-14-12-10-8-2)18-21(5,6)17-19(3)4/h19-20H,7-16H2,1-6H3. The smallest absolute Gasteiger partial charge is 0.310 e. The van der Waals surface area contributed by atoms with Gasteiger partial charge in [0.1, 0.15) is 0 Å². The molecule has 0 bridgehead atoms. The molecule has 128 valence electrons. The maximum absolute atomic E-state index is 6.60. The second kappa shape index (κ2) is 13.1. The van der Waals surface area contributed by atoms with E-state index in [4.69, 9.17) is 8.23 Å². The summed E-state index contributed by atoms with van der Waals surface area (Å²) in [7, 11) is -3.86. The predicted octanol–water partition coefficient (Wildman–Crippen LogP) is 5.59. The summed E-state index contributed by atoms with van der Waals surface area (Å²) in [4.78, 5) is 0. The molecule has 0 amide bonds. The molecule has 0 fully saturated rings. The van der Waals surface area contributed by atoms with Crippen LogP contribution in [0.1, 0.15) is 65.2 Å². The van der Waals surface area contributed by atoms with Gasteiger partial charge < -0.3 is 8.23 Å². The summed E-state index contributed by atoms with van der Waals surface area (Å²) in [5.74, 6) is 0. The molecule has 0 rings (SSSR count). The molecule has 2 nitrogen and oxygen atoms in total. The van der Waals surface area contributed by atoms with Crippen LogP contribution >= 0.6 is 0 Å². The fourth-order valence-electron chi connectivity index (χ4n) is 2.86. The van der Waals surface area contributed by atoms with Gasteiger partial charge in [0.25, 0.3) is 0 Å². The van der Waals surface area contributed by atoms with Crippen molar-refractivity contribution in [3.05, 3.63) is 0 Å². The van der Waals surface area contributed by atoms with E-state index in [2.05, 4.69) is 40.0 Å². The zero-order valence-corrected chi connectivity index (χ0v) is 18.9. The van der Waals surface area contributed by atoms with E-state index in [-0.39, 0.29) is 0 Å². The molecule has 0 atom stereocenters. The number of unbranched alkanes of at least 4 members (excludes halogenated alkanes) is 6. The molecule has 0 spiro atoms. The van der Waals surface area contributed by atoms with E-state index in [1.807, 2.05) is 0 Å². The molecule has 0 aliphatic carbocycles. The lowest BCUT2D eigenvalue weighted by Crippen LogP contribution is -2.43. The number of hydrogen-bond donors (Lipinski definition) is 0. The number of hydrogen-bond acceptors (Lipinski definition) is 2. The van der Waals surface area contributed by atoms with Crippen LogP contribution in [-0.2, 0) is 8.23 Å². The molecular formula is C16H40O2Si3. The highest BCUT2D eigenvalue weighted by molar-refractivity contribution is 6.78. The van der Waals surface area contributed by atoms with Gasteiger partial charge in [-0.05, 0) is 38.3 Å². The number of rotatable bonds is 14. The minimum Gasteiger partial charge on any atom is -0.440 e. The van der Waals surface area contributed by atoms with Crippen LogP contribution < -0.4 is 0 Å². The van der Waals surface area contributed by atoms with Crippen LogP contribution in [0.3, 0.4) is 0 Å². The van der Waals surface area contributed by atoms with Gasteiger partial charge in [0, 0.05) is 0 Å². The van der Waals surface area contributed by atoms with Gasteiger partial charge in [0.15, 0.2) is 18.1 Å². The Morgan fingerprint density at radius 2 is 1.19 bits per heavy atom. The van der Waals surface area contributed by atoms with Gasteiger partial charge >= 0.3 is 8.56 Å². The molecule has 0 aromatic carbocycles. The Bertz CT molecular complexity index is 224. The second-order valence-corrected chi connectivity index (χ2v) is 16.2. The molecule has 21 heavy (non-hydrogen) atoms. The van der Waals surface area contributed by atoms with Crippen molar-refractivity contribution in [2.45, 2.75) is 103 Å². The SMILES string of the molecule is CCCCCC[SiH](CCCCCC)O[Si](C)(C)O[SiH](C)C. The Hall–Kier alpha value is 0.571. The Morgan fingerprint density at radius 1 is 0.714 bits per heavy atom. The maximum atomic E-state index is 6.60. The summed E-state index contributed by atoms with van der Waals surface area (Å²) in [5, 5.41) is 0. The van der Waals surface area contributed by atoms with Crippen LogP contribution in [0.15, 0.2) is 0 Å². The molecule has 0 aliphatic heterocycles. The largest absolute Gasteiger partial charge is 0.440 e. The fraction of sp³-hybridized carbons (Fsp3) is 1.00. The third kappa shape index (κ3) is 13.9. The quantitative estimate of drug-likeness (QED) is 0.301. The minimum absolute atomic E-state index is 0.972. The molecule has 0 aromatic heterocycles. The Labute approximate surface area is 138 Å². The first-order valence-corrected chi connectivity index (χ1v) is 17.0. The van der Waals surface area contributed by atoms with Crippen LogP contribution in [0.2, 0.25) is 38.3 Å². The monoisotopic (exact) mass is 348 g/mol. The lowest BCUT2D eigenvalue weighted by molar-refractivity contribution is 0.405. The molecule has 0 aromatic rings. The van der Waals surface area contributed by atoms with E-state index < -0.39 is 26.6 Å². The van der Waals surface area contributed by atoms with E-state index >= 15 is 0 Å². The van der Waals surface area contributed by atoms with E-state index in [1.165, 1.54) is 63.5 Å². The molecule has 0 unspecified atom stereocenters. The summed E-state index contributed by atoms with van der Waals surface area (Å²) < 4.78 is 12.8. The van der Waals surface area contributed by atoms with Gasteiger partial charge in [-0.15, -0.1) is 0 Å². The molecule has 0 heterocycles. The fourth-order valence-corrected chi connectivity index (χ4v) is 14.1. The van der Waals surface area contributed by atoms with Gasteiger partial charge in [0.2, 0.25) is 0 Å². The van der Waals surface area contributed by atoms with Crippen molar-refractivity contribution in [2.24, 2.45) is 0 Å². The van der Waals surface area contributed by atoms with Crippen molar-refractivity contribution in [2.75, 3.05) is 0 Å². The highest BCUT2D eigenvalue weighted by Crippen LogP contribution is 2.19. The normalized spacial score (nSPS) is 12.6. The van der Waals surface area contributed by atoms with Crippen molar-refractivity contribution in [1.29, 1.82) is 0 Å². The third-order valence-electron chi connectivity index (χ3n) is 3.73. The van der Waals surface area contributed by atoms with Gasteiger partial charge in [-0.25, -0.2) is 0 Å². The molecule has 5 heteroatoms. The summed E-state index contributed by atoms with van der Waals surface area (Å²) in [6.07, 6.45) is 10.9. The highest BCUT2D eigenvalue weighted by atomic mass is 28.5. The van der Waals surface area contributed by atoms with Crippen molar-refractivity contribution < 1.29 is 8.23 Å². The van der Waals surface area contributed by atoms with E-state index in [1.54, 1.807) is 0 Å². The van der Waals surface area contributed by atoms with E-state index in [0.717, 1.165) is 0 Å². The lowest BCUT2D eigenvalue weighted by atomic mass is 10.2. The van der Waals surface area contributed by atoms with Crippen LogP contribution in [-0.4, -0.2) is 26.6 Å². The van der Waals surface area contributed by atoms with Crippen LogP contribution in [0.25, 0.3) is 0 Å². The molecule has 0 N–H and O–H groups in total. The van der Waals surface area contributed by atoms with Crippen molar-refractivity contribution in [1.82, 2.24) is 0 Å². The Kier molecular flexibility index (Phi) is 13.4. The summed E-state index contributed by atoms with van der Waals surface area (Å²) >= 11 is 0. The first-order chi connectivity index (χ1) is 9.91. The van der Waals surface area contributed by atoms with Gasteiger partial charge in [-0.1, -0.05) is 65.2 Å². The maximum Gasteiger partial charge on any atom is 0.310 e. The van der Waals surface area contributed by atoms with Crippen LogP contribution in [0.5, 0.6) is 0 Å². The molecule has 0 aliphatic rings. The lowest BCUT2D eigenvalue weighted by Gasteiger charge is -2.30. The average Bonchev–Trinajstić information content (AvgIpc) is 2.37. The van der Waals surface area contributed by atoms with Gasteiger partial charge in [0.05, 0.1) is 0 Å². The third-order valence-corrected chi connectivity index (χ3v) is 13.6. The van der Waals surface area contributed by atoms with Crippen molar-refractivity contribution in [3.8, 4) is 0 Å². The van der Waals surface area contributed by atoms with Gasteiger partial charge in [-0.2, -0.15) is 0 Å². The minimum atomic E-state index is -1.84. The molecule has 0 saturated heterocycles. The first-order valence-electron chi connectivity index (χ1n) is 9.27. The zero-order chi connectivity index (χ0) is 16.1. The molecule has 0 radical (unpaired) electrons. The van der Waals surface area contributed by atoms with E-state index in [0.29, 0.717) is 0 Å². The average molecular weight is 349 g/mol. The summed E-state index contributed by atoms with van der Waals surface area (Å²) in [6.45, 7) is 13.6. The van der Waals surface area contributed by atoms with Gasteiger partial charge in [-0.3, -0.25) is 0 Å². The van der Waals surface area contributed by atoms with Crippen molar-refractivity contribution in [3.63, 3.8) is 0 Å². The van der Waals surface area contributed by atoms with Crippen LogP contribution in [0, 0.1) is 0 Å². The highest BCUT2D eigenvalue weighted by Gasteiger charge is 2.29. The van der Waals surface area contributed by atoms with Crippen LogP contribution in [0.4, 0.5) is 0 Å².